The number of hydrazine groups is 1. The Morgan fingerprint density at radius 1 is 1.17 bits per heavy atom. The van der Waals surface area contributed by atoms with Gasteiger partial charge in [0.15, 0.2) is 5.13 Å². The van der Waals surface area contributed by atoms with E-state index in [0.717, 1.165) is 22.5 Å². The van der Waals surface area contributed by atoms with Gasteiger partial charge >= 0.3 is 6.03 Å². The van der Waals surface area contributed by atoms with Crippen LogP contribution in [0.4, 0.5) is 14.3 Å². The normalized spacial score (nSPS) is 18.3. The molecule has 0 spiro atoms. The molecule has 4 aromatic rings. The summed E-state index contributed by atoms with van der Waals surface area (Å²) in [6.45, 7) is 4.29. The third kappa shape index (κ3) is 6.77. The maximum Gasteiger partial charge on any atom is 0.332 e. The molecule has 3 heterocycles. The van der Waals surface area contributed by atoms with E-state index in [9.17, 15) is 18.8 Å². The maximum absolute atomic E-state index is 14.6. The van der Waals surface area contributed by atoms with Gasteiger partial charge < -0.3 is 30.3 Å². The van der Waals surface area contributed by atoms with Crippen molar-refractivity contribution in [1.29, 1.82) is 0 Å². The summed E-state index contributed by atoms with van der Waals surface area (Å²) in [5, 5.41) is 6.27. The Balaban J connectivity index is 1.32. The van der Waals surface area contributed by atoms with Gasteiger partial charge in [0.2, 0.25) is 20.8 Å². The monoisotopic (exact) mass is 677 g/mol. The molecule has 1 aromatic heterocycles. The van der Waals surface area contributed by atoms with E-state index >= 15 is 0 Å². The highest BCUT2D eigenvalue weighted by Gasteiger charge is 2.52. The van der Waals surface area contributed by atoms with Crippen LogP contribution in [0.1, 0.15) is 16.7 Å². The van der Waals surface area contributed by atoms with E-state index in [-0.39, 0.29) is 56.1 Å². The molecule has 3 atom stereocenters. The van der Waals surface area contributed by atoms with Crippen molar-refractivity contribution in [3.63, 3.8) is 0 Å². The number of nitrogens with one attached hydrogen (secondary N) is 1. The molecule has 0 bridgehead atoms. The summed E-state index contributed by atoms with van der Waals surface area (Å²) in [5.41, 5.74) is 8.59. The van der Waals surface area contributed by atoms with Crippen molar-refractivity contribution < 1.29 is 28.2 Å². The molecule has 0 aliphatic carbocycles. The Labute approximate surface area is 276 Å². The lowest BCUT2D eigenvalue weighted by Gasteiger charge is -2.46. The van der Waals surface area contributed by atoms with E-state index in [1.54, 1.807) is 51.2 Å². The van der Waals surface area contributed by atoms with Crippen molar-refractivity contribution in [3.8, 4) is 5.75 Å². The molecule has 47 heavy (non-hydrogen) atoms. The minimum Gasteiger partial charge on any atom is -0.450 e. The third-order valence-corrected chi connectivity index (χ3v) is 9.39. The number of carbonyl (C=O) groups is 3. The zero-order valence-corrected chi connectivity index (χ0v) is 27.0. The van der Waals surface area contributed by atoms with Gasteiger partial charge in [-0.25, -0.2) is 14.2 Å². The summed E-state index contributed by atoms with van der Waals surface area (Å²) < 4.78 is 20.1. The standard InChI is InChI=1S/C32H33FN7O5PS/c1-2-14-38(32(43)35-16-21-6-4-3-5-7-21)39-19-27(41)40-25(15-20-8-11-23(12-9-20)45-46-44)30(42)37(18-26(39)40)17-22-10-13-24(33)29-28(22)36-31(34)47-29/h2-13,25-26,44,46H,1,14-19H2,(H2,34,36)(H,35,43)/t25-,26+/m1/s1. The molecule has 0 saturated carbocycles. The van der Waals surface area contributed by atoms with Crippen LogP contribution in [0, 0.1) is 5.82 Å². The second-order valence-corrected chi connectivity index (χ2v) is 12.5. The van der Waals surface area contributed by atoms with Gasteiger partial charge in [-0.3, -0.25) is 14.6 Å². The number of rotatable bonds is 11. The number of nitrogens with two attached hydrogens (primary N) is 1. The van der Waals surface area contributed by atoms with Crippen LogP contribution in [0.3, 0.4) is 0 Å². The molecule has 1 unspecified atom stereocenters. The van der Waals surface area contributed by atoms with Gasteiger partial charge in [-0.2, -0.15) is 5.01 Å². The van der Waals surface area contributed by atoms with Gasteiger partial charge in [-0.05, 0) is 34.9 Å². The number of urea groups is 1. The molecule has 6 rings (SSSR count). The molecular weight excluding hydrogens is 644 g/mol. The lowest BCUT2D eigenvalue weighted by atomic mass is 9.99. The number of anilines is 1. The average molecular weight is 678 g/mol. The van der Waals surface area contributed by atoms with E-state index in [4.69, 9.17) is 15.2 Å². The van der Waals surface area contributed by atoms with Crippen LogP contribution in [0.2, 0.25) is 0 Å². The number of thiazole rings is 1. The first-order valence-corrected chi connectivity index (χ1v) is 16.5. The van der Waals surface area contributed by atoms with Crippen LogP contribution < -0.4 is 15.6 Å². The van der Waals surface area contributed by atoms with Crippen molar-refractivity contribution >= 4 is 53.6 Å². The Hall–Kier alpha value is -4.62. The molecule has 2 fully saturated rings. The van der Waals surface area contributed by atoms with Crippen molar-refractivity contribution in [2.75, 3.05) is 25.4 Å². The largest absolute Gasteiger partial charge is 0.450 e. The fourth-order valence-electron chi connectivity index (χ4n) is 6.03. The van der Waals surface area contributed by atoms with Crippen LogP contribution in [0.5, 0.6) is 5.75 Å². The lowest BCUT2D eigenvalue weighted by Crippen LogP contribution is -2.66. The van der Waals surface area contributed by atoms with Crippen molar-refractivity contribution in [2.24, 2.45) is 0 Å². The van der Waals surface area contributed by atoms with Gasteiger partial charge in [-0.15, -0.1) is 6.58 Å². The summed E-state index contributed by atoms with van der Waals surface area (Å²) >= 11 is 1.04. The lowest BCUT2D eigenvalue weighted by molar-refractivity contribution is -0.157. The van der Waals surface area contributed by atoms with Crippen LogP contribution in [-0.2, 0) is 29.1 Å². The second kappa shape index (κ2) is 14.0. The van der Waals surface area contributed by atoms with Crippen LogP contribution in [0.15, 0.2) is 79.4 Å². The molecule has 2 saturated heterocycles. The molecule has 244 valence electrons. The predicted octanol–water partition coefficient (Wildman–Crippen LogP) is 3.63. The fourth-order valence-corrected chi connectivity index (χ4v) is 7.06. The van der Waals surface area contributed by atoms with Gasteiger partial charge in [0.1, 0.15) is 23.8 Å². The smallest absolute Gasteiger partial charge is 0.332 e. The third-order valence-electron chi connectivity index (χ3n) is 8.17. The number of benzene rings is 3. The van der Waals surface area contributed by atoms with Crippen LogP contribution >= 0.6 is 20.4 Å². The molecule has 12 nitrogen and oxygen atoms in total. The first-order valence-electron chi connectivity index (χ1n) is 14.8. The van der Waals surface area contributed by atoms with Crippen molar-refractivity contribution in [3.05, 3.63) is 102 Å². The topological polar surface area (TPSA) is 145 Å². The Morgan fingerprint density at radius 3 is 2.66 bits per heavy atom. The molecule has 4 N–H and O–H groups in total. The van der Waals surface area contributed by atoms with Crippen molar-refractivity contribution in [2.45, 2.75) is 31.7 Å². The van der Waals surface area contributed by atoms with E-state index in [0.29, 0.717) is 21.5 Å². The molecule has 0 radical (unpaired) electrons. The molecular formula is C32H33FN7O5PS. The molecule has 15 heteroatoms. The zero-order chi connectivity index (χ0) is 33.1. The quantitative estimate of drug-likeness (QED) is 0.161. The van der Waals surface area contributed by atoms with Gasteiger partial charge in [0, 0.05) is 19.5 Å². The van der Waals surface area contributed by atoms with Crippen LogP contribution in [0.25, 0.3) is 10.2 Å². The summed E-state index contributed by atoms with van der Waals surface area (Å²) in [6, 6.07) is 18.0. The van der Waals surface area contributed by atoms with Crippen LogP contribution in [-0.4, -0.2) is 79.4 Å². The highest BCUT2D eigenvalue weighted by atomic mass is 32.1. The van der Waals surface area contributed by atoms with E-state index < -0.39 is 33.1 Å². The summed E-state index contributed by atoms with van der Waals surface area (Å²) in [7, 11) is -0.709. The fraction of sp³-hybridized carbons (Fsp3) is 0.250. The first-order chi connectivity index (χ1) is 22.8. The number of hydrogen-bond acceptors (Lipinski definition) is 9. The van der Waals surface area contributed by atoms with E-state index in [2.05, 4.69) is 16.9 Å². The Kier molecular flexibility index (Phi) is 9.64. The summed E-state index contributed by atoms with van der Waals surface area (Å²) in [5.74, 6) is -0.568. The molecule has 4 amide bonds. The summed E-state index contributed by atoms with van der Waals surface area (Å²) in [4.78, 5) is 58.2. The highest BCUT2D eigenvalue weighted by molar-refractivity contribution is 7.25. The van der Waals surface area contributed by atoms with E-state index in [1.165, 1.54) is 11.1 Å². The number of piperazine rings is 1. The summed E-state index contributed by atoms with van der Waals surface area (Å²) in [6.07, 6.45) is 1.09. The highest BCUT2D eigenvalue weighted by Crippen LogP contribution is 2.33. The number of aromatic nitrogens is 1. The Morgan fingerprint density at radius 2 is 1.94 bits per heavy atom. The number of halogens is 1. The molecule has 3 aromatic carbocycles. The average Bonchev–Trinajstić information content (AvgIpc) is 3.63. The number of nitrogens with zero attached hydrogens (tertiary/aromatic N) is 5. The molecule has 2 aliphatic heterocycles. The number of amides is 4. The maximum atomic E-state index is 14.6. The number of fused-ring (bicyclic) bond motifs is 2. The minimum atomic E-state index is -0.896. The first kappa shape index (κ1) is 32.3. The van der Waals surface area contributed by atoms with Gasteiger partial charge in [0.05, 0.1) is 29.9 Å². The predicted molar refractivity (Wildman–Crippen MR) is 177 cm³/mol. The van der Waals surface area contributed by atoms with E-state index in [1.807, 2.05) is 30.3 Å². The number of hydrogen-bond donors (Lipinski definition) is 3. The SMILES string of the molecule is C=CCN(C(=O)NCc1ccccc1)N1CC(=O)N2[C@H](Cc3ccc(OPO)cc3)C(=O)N(Cc3ccc(F)c4sc(N)nc34)C[C@H]21. The number of nitrogen functional groups attached to an aromatic ring is 1. The second-order valence-electron chi connectivity index (χ2n) is 11.1. The van der Waals surface area contributed by atoms with Gasteiger partial charge in [-0.1, -0.05) is 65.9 Å². The van der Waals surface area contributed by atoms with Gasteiger partial charge in [0.25, 0.3) is 0 Å². The Bertz CT molecular complexity index is 1790. The van der Waals surface area contributed by atoms with Crippen molar-refractivity contribution in [1.82, 2.24) is 30.1 Å². The zero-order valence-electron chi connectivity index (χ0n) is 25.2. The molecule has 2 aliphatic rings. The number of carbonyl (C=O) groups excluding carboxylic acids is 3. The minimum absolute atomic E-state index is 0.0867.